The molecule has 2 rings (SSSR count). The molecule has 19 heavy (non-hydrogen) atoms. The van der Waals surface area contributed by atoms with E-state index in [9.17, 15) is 0 Å². The van der Waals surface area contributed by atoms with Crippen molar-refractivity contribution in [1.29, 1.82) is 0 Å². The first-order chi connectivity index (χ1) is 8.90. The van der Waals surface area contributed by atoms with Gasteiger partial charge in [0.15, 0.2) is 0 Å². The number of nitrogens with one attached hydrogen (secondary N) is 1. The van der Waals surface area contributed by atoms with Crippen molar-refractivity contribution in [3.8, 4) is 0 Å². The number of hydrogen-bond acceptors (Lipinski definition) is 2. The topological polar surface area (TPSA) is 21.3 Å². The first kappa shape index (κ1) is 14.5. The summed E-state index contributed by atoms with van der Waals surface area (Å²) in [6.07, 6.45) is 2.27. The number of aryl methyl sites for hydroxylation is 1. The summed E-state index contributed by atoms with van der Waals surface area (Å²) in [6, 6.07) is 8.72. The highest BCUT2D eigenvalue weighted by atomic mass is 16.5. The zero-order chi connectivity index (χ0) is 13.9. The molecule has 1 aliphatic rings. The van der Waals surface area contributed by atoms with Crippen LogP contribution >= 0.6 is 0 Å². The fraction of sp³-hybridized carbons (Fsp3) is 0.647. The van der Waals surface area contributed by atoms with Crippen LogP contribution in [-0.4, -0.2) is 25.3 Å². The van der Waals surface area contributed by atoms with Crippen LogP contribution in [0, 0.1) is 12.3 Å². The molecule has 0 aliphatic carbocycles. The Bertz CT molecular complexity index is 414. The quantitative estimate of drug-likeness (QED) is 0.897. The summed E-state index contributed by atoms with van der Waals surface area (Å²) < 4.78 is 5.70. The van der Waals surface area contributed by atoms with E-state index in [2.05, 4.69) is 57.3 Å². The number of ether oxygens (including phenoxy) is 1. The maximum atomic E-state index is 5.70. The highest BCUT2D eigenvalue weighted by Gasteiger charge is 2.36. The average Bonchev–Trinajstić information content (AvgIpc) is 2.78. The molecule has 0 saturated carbocycles. The molecule has 1 aliphatic heterocycles. The standard InChI is InChI=1S/C17H27NO/c1-14-7-5-6-8-15(14)11-17(9-10-19-13-17)12-18-16(2,3)4/h5-8,18H,9-13H2,1-4H3. The fourth-order valence-electron chi connectivity index (χ4n) is 2.66. The lowest BCUT2D eigenvalue weighted by Crippen LogP contribution is -2.45. The second-order valence-electron chi connectivity index (χ2n) is 7.01. The van der Waals surface area contributed by atoms with Gasteiger partial charge in [-0.05, 0) is 51.7 Å². The van der Waals surface area contributed by atoms with E-state index >= 15 is 0 Å². The van der Waals surface area contributed by atoms with E-state index in [-0.39, 0.29) is 11.0 Å². The van der Waals surface area contributed by atoms with Crippen molar-refractivity contribution in [2.45, 2.75) is 46.1 Å². The normalized spacial score (nSPS) is 23.8. The summed E-state index contributed by atoms with van der Waals surface area (Å²) in [6.45, 7) is 11.7. The Morgan fingerprint density at radius 3 is 2.58 bits per heavy atom. The van der Waals surface area contributed by atoms with Crippen LogP contribution in [0.25, 0.3) is 0 Å². The molecule has 0 aromatic heterocycles. The molecule has 1 aromatic carbocycles. The van der Waals surface area contributed by atoms with Gasteiger partial charge in [-0.15, -0.1) is 0 Å². The van der Waals surface area contributed by atoms with Gasteiger partial charge in [0, 0.05) is 24.1 Å². The van der Waals surface area contributed by atoms with Crippen molar-refractivity contribution in [3.05, 3.63) is 35.4 Å². The van der Waals surface area contributed by atoms with Crippen LogP contribution in [0.5, 0.6) is 0 Å². The average molecular weight is 261 g/mol. The first-order valence-corrected chi connectivity index (χ1v) is 7.28. The highest BCUT2D eigenvalue weighted by Crippen LogP contribution is 2.33. The van der Waals surface area contributed by atoms with Crippen molar-refractivity contribution in [2.75, 3.05) is 19.8 Å². The van der Waals surface area contributed by atoms with Crippen LogP contribution in [0.15, 0.2) is 24.3 Å². The number of rotatable bonds is 4. The lowest BCUT2D eigenvalue weighted by atomic mass is 9.79. The molecule has 0 radical (unpaired) electrons. The van der Waals surface area contributed by atoms with Crippen molar-refractivity contribution < 1.29 is 4.74 Å². The number of benzene rings is 1. The molecule has 1 saturated heterocycles. The van der Waals surface area contributed by atoms with E-state index in [0.717, 1.165) is 32.6 Å². The fourth-order valence-corrected chi connectivity index (χ4v) is 2.66. The van der Waals surface area contributed by atoms with Crippen LogP contribution in [0.1, 0.15) is 38.3 Å². The predicted molar refractivity (Wildman–Crippen MR) is 80.5 cm³/mol. The summed E-state index contributed by atoms with van der Waals surface area (Å²) in [7, 11) is 0. The van der Waals surface area contributed by atoms with Crippen LogP contribution in [0.4, 0.5) is 0 Å². The minimum atomic E-state index is 0.168. The lowest BCUT2D eigenvalue weighted by Gasteiger charge is -2.32. The maximum absolute atomic E-state index is 5.70. The molecule has 2 heteroatoms. The second kappa shape index (κ2) is 5.64. The lowest BCUT2D eigenvalue weighted by molar-refractivity contribution is 0.144. The van der Waals surface area contributed by atoms with Crippen LogP contribution in [0.3, 0.4) is 0 Å². The Morgan fingerprint density at radius 2 is 2.00 bits per heavy atom. The second-order valence-corrected chi connectivity index (χ2v) is 7.01. The van der Waals surface area contributed by atoms with Gasteiger partial charge >= 0.3 is 0 Å². The van der Waals surface area contributed by atoms with E-state index in [1.165, 1.54) is 11.1 Å². The largest absolute Gasteiger partial charge is 0.381 e. The van der Waals surface area contributed by atoms with Gasteiger partial charge < -0.3 is 10.1 Å². The monoisotopic (exact) mass is 261 g/mol. The minimum Gasteiger partial charge on any atom is -0.381 e. The van der Waals surface area contributed by atoms with E-state index in [1.54, 1.807) is 0 Å². The Labute approximate surface area is 117 Å². The molecule has 1 atom stereocenters. The van der Waals surface area contributed by atoms with Gasteiger partial charge in [-0.3, -0.25) is 0 Å². The first-order valence-electron chi connectivity index (χ1n) is 7.28. The molecular formula is C17H27NO. The Kier molecular flexibility index (Phi) is 4.32. The molecule has 2 nitrogen and oxygen atoms in total. The molecular weight excluding hydrogens is 234 g/mol. The summed E-state index contributed by atoms with van der Waals surface area (Å²) in [5.74, 6) is 0. The Morgan fingerprint density at radius 1 is 1.26 bits per heavy atom. The van der Waals surface area contributed by atoms with Gasteiger partial charge in [0.2, 0.25) is 0 Å². The summed E-state index contributed by atoms with van der Waals surface area (Å²) in [5.41, 5.74) is 3.29. The van der Waals surface area contributed by atoms with Crippen molar-refractivity contribution >= 4 is 0 Å². The maximum Gasteiger partial charge on any atom is 0.0538 e. The Hall–Kier alpha value is -0.860. The van der Waals surface area contributed by atoms with Gasteiger partial charge in [-0.1, -0.05) is 24.3 Å². The molecule has 0 amide bonds. The van der Waals surface area contributed by atoms with Crippen molar-refractivity contribution in [3.63, 3.8) is 0 Å². The van der Waals surface area contributed by atoms with Crippen molar-refractivity contribution in [2.24, 2.45) is 5.41 Å². The van der Waals surface area contributed by atoms with E-state index in [0.29, 0.717) is 0 Å². The third-order valence-corrected chi connectivity index (χ3v) is 4.01. The predicted octanol–water partition coefficient (Wildman–Crippen LogP) is 3.33. The van der Waals surface area contributed by atoms with Gasteiger partial charge in [-0.2, -0.15) is 0 Å². The summed E-state index contributed by atoms with van der Waals surface area (Å²) in [5, 5.41) is 3.66. The zero-order valence-corrected chi connectivity index (χ0v) is 12.8. The molecule has 1 aromatic rings. The van der Waals surface area contributed by atoms with E-state index in [4.69, 9.17) is 4.74 Å². The molecule has 0 spiro atoms. The number of hydrogen-bond donors (Lipinski definition) is 1. The van der Waals surface area contributed by atoms with Crippen molar-refractivity contribution in [1.82, 2.24) is 5.32 Å². The third-order valence-electron chi connectivity index (χ3n) is 4.01. The SMILES string of the molecule is Cc1ccccc1CC1(CNC(C)(C)C)CCOC1. The Balaban J connectivity index is 2.10. The summed E-state index contributed by atoms with van der Waals surface area (Å²) in [4.78, 5) is 0. The summed E-state index contributed by atoms with van der Waals surface area (Å²) >= 11 is 0. The van der Waals surface area contributed by atoms with E-state index < -0.39 is 0 Å². The molecule has 106 valence electrons. The van der Waals surface area contributed by atoms with Gasteiger partial charge in [0.25, 0.3) is 0 Å². The third kappa shape index (κ3) is 4.05. The molecule has 1 heterocycles. The minimum absolute atomic E-state index is 0.168. The zero-order valence-electron chi connectivity index (χ0n) is 12.8. The van der Waals surface area contributed by atoms with Gasteiger partial charge in [-0.25, -0.2) is 0 Å². The smallest absolute Gasteiger partial charge is 0.0538 e. The van der Waals surface area contributed by atoms with Crippen LogP contribution in [-0.2, 0) is 11.2 Å². The molecule has 1 unspecified atom stereocenters. The highest BCUT2D eigenvalue weighted by molar-refractivity contribution is 5.27. The molecule has 1 fully saturated rings. The van der Waals surface area contributed by atoms with E-state index in [1.807, 2.05) is 0 Å². The van der Waals surface area contributed by atoms with Gasteiger partial charge in [0.05, 0.1) is 6.61 Å². The van der Waals surface area contributed by atoms with Crippen LogP contribution in [0.2, 0.25) is 0 Å². The molecule has 0 bridgehead atoms. The molecule has 1 N–H and O–H groups in total. The van der Waals surface area contributed by atoms with Crippen LogP contribution < -0.4 is 5.32 Å². The van der Waals surface area contributed by atoms with Gasteiger partial charge in [0.1, 0.15) is 0 Å².